The molecular weight excluding hydrogens is 431 g/mol. The van der Waals surface area contributed by atoms with E-state index in [1.54, 1.807) is 0 Å². The first kappa shape index (κ1) is 26.4. The van der Waals surface area contributed by atoms with E-state index in [0.717, 1.165) is 6.11 Å². The van der Waals surface area contributed by atoms with Gasteiger partial charge in [-0.1, -0.05) is 12.8 Å². The van der Waals surface area contributed by atoms with Crippen LogP contribution < -0.4 is 4.89 Å². The summed E-state index contributed by atoms with van der Waals surface area (Å²) in [5.74, 6) is -2.17. The molecule has 2 radical (unpaired) electrons. The van der Waals surface area contributed by atoms with Crippen molar-refractivity contribution >= 4 is 64.4 Å². The van der Waals surface area contributed by atoms with Crippen LogP contribution in [0.2, 0.25) is 6.82 Å². The molecule has 2 rings (SSSR count). The molecule has 17 heteroatoms. The number of imidazole rings is 1. The molecular formula is C14H18B3N5O8S. The Hall–Kier alpha value is -2.62. The zero-order chi connectivity index (χ0) is 23.4. The number of carbonyl (C=O) groups excluding carboxylic acids is 4. The van der Waals surface area contributed by atoms with Crippen molar-refractivity contribution in [1.29, 1.82) is 0 Å². The number of hydrogen-bond acceptors (Lipinski definition) is 12. The maximum Gasteiger partial charge on any atom is 0.171 e. The third kappa shape index (κ3) is 9.38. The van der Waals surface area contributed by atoms with Crippen molar-refractivity contribution in [2.75, 3.05) is 6.61 Å². The summed E-state index contributed by atoms with van der Waals surface area (Å²) in [5, 5.41) is 9.86. The van der Waals surface area contributed by atoms with Crippen molar-refractivity contribution in [2.45, 2.75) is 32.1 Å². The van der Waals surface area contributed by atoms with E-state index in [4.69, 9.17) is 4.84 Å². The standard InChI is InChI=1S/C12H14B2N4O6.C2H4BNO2S/c1-14(23)17-5-8(16-7-17)4-9(15-6-13-22)12(21)24-18-10(19)2-3-11(18)20;3-2(5)1-6-4-7/h5-7,9,23H,2-4H2,1H3;4,7H,1H2. The molecule has 1 aromatic heterocycles. The number of hydrogen-bond donors (Lipinski definition) is 3. The van der Waals surface area contributed by atoms with Gasteiger partial charge >= 0.3 is 137 Å². The second-order valence-electron chi connectivity index (χ2n) is 5.94. The number of aromatic nitrogens is 2. The van der Waals surface area contributed by atoms with Crippen LogP contribution in [0, 0.1) is 0 Å². The number of amides is 2. The average molecular weight is 449 g/mol. The number of hydroxylamine groups is 2. The molecule has 13 nitrogen and oxygen atoms in total. The maximum atomic E-state index is 12.2. The molecule has 2 heterocycles. The Morgan fingerprint density at radius 3 is 2.58 bits per heavy atom. The molecule has 31 heavy (non-hydrogen) atoms. The van der Waals surface area contributed by atoms with Crippen molar-refractivity contribution < 1.29 is 38.6 Å². The second-order valence-corrected chi connectivity index (χ2v) is 6.12. The molecule has 2 amide bonds. The van der Waals surface area contributed by atoms with E-state index < -0.39 is 36.6 Å². The largest absolute Gasteiger partial charge is 0.310 e. The average Bonchev–Trinajstić information content (AvgIpc) is 3.32. The van der Waals surface area contributed by atoms with Gasteiger partial charge in [0.1, 0.15) is 12.3 Å². The Labute approximate surface area is 184 Å². The van der Waals surface area contributed by atoms with Gasteiger partial charge in [0.15, 0.2) is 7.85 Å². The third-order valence-electron chi connectivity index (χ3n) is 3.55. The molecule has 1 saturated heterocycles. The summed E-state index contributed by atoms with van der Waals surface area (Å²) < 4.78 is 11.9. The van der Waals surface area contributed by atoms with Crippen molar-refractivity contribution in [3.63, 3.8) is 0 Å². The van der Waals surface area contributed by atoms with Crippen molar-refractivity contribution in [3.8, 4) is 0 Å². The van der Waals surface area contributed by atoms with E-state index in [9.17, 15) is 28.9 Å². The quantitative estimate of drug-likeness (QED) is 0.114. The van der Waals surface area contributed by atoms with Crippen LogP contribution >= 0.6 is 12.8 Å². The van der Waals surface area contributed by atoms with E-state index >= 15 is 0 Å². The molecule has 1 aromatic rings. The SMILES string of the molecule is CB(O)n1cnc(CC(N=CB=O)C(=O)ON2C(=O)CCC2=O)c1.[B]C(=O)CONS. The van der Waals surface area contributed by atoms with Gasteiger partial charge in [-0.3, -0.25) is 4.84 Å². The summed E-state index contributed by atoms with van der Waals surface area (Å²) in [6, 6.07) is -1.16. The minimum Gasteiger partial charge on any atom is -0.310 e. The van der Waals surface area contributed by atoms with Gasteiger partial charge in [0.05, 0.1) is 0 Å². The number of imide groups is 1. The summed E-state index contributed by atoms with van der Waals surface area (Å²) in [4.78, 5) is 63.7. The number of thiol groups is 1. The summed E-state index contributed by atoms with van der Waals surface area (Å²) in [6.45, 7) is 1.38. The van der Waals surface area contributed by atoms with Crippen LogP contribution in [0.5, 0.6) is 0 Å². The minimum atomic E-state index is -1.16. The molecule has 1 aliphatic rings. The monoisotopic (exact) mass is 449 g/mol. The van der Waals surface area contributed by atoms with Gasteiger partial charge in [-0.05, 0) is 0 Å². The zero-order valence-corrected chi connectivity index (χ0v) is 17.3. The topological polar surface area (TPSA) is 169 Å². The molecule has 1 unspecified atom stereocenters. The van der Waals surface area contributed by atoms with Crippen LogP contribution in [0.3, 0.4) is 0 Å². The summed E-state index contributed by atoms with van der Waals surface area (Å²) in [5.41, 5.74) is -0.110. The second kappa shape index (κ2) is 13.6. The normalized spacial score (nSPS) is 14.1. The van der Waals surface area contributed by atoms with Crippen LogP contribution in [0.25, 0.3) is 0 Å². The number of rotatable bonds is 10. The number of carbonyl (C=O) groups is 4. The Morgan fingerprint density at radius 2 is 2.13 bits per heavy atom. The van der Waals surface area contributed by atoms with E-state index in [-0.39, 0.29) is 25.9 Å². The number of nitrogens with one attached hydrogen (secondary N) is 1. The fourth-order valence-corrected chi connectivity index (χ4v) is 2.20. The van der Waals surface area contributed by atoms with Gasteiger partial charge in [-0.15, -0.1) is 4.89 Å². The molecule has 0 aromatic carbocycles. The summed E-state index contributed by atoms with van der Waals surface area (Å²) in [6.07, 6.45) is 3.69. The van der Waals surface area contributed by atoms with Crippen molar-refractivity contribution in [1.82, 2.24) is 19.4 Å². The first-order valence-electron chi connectivity index (χ1n) is 8.73. The Bertz CT molecular complexity index is 821. The first-order chi connectivity index (χ1) is 14.7. The molecule has 0 bridgehead atoms. The van der Waals surface area contributed by atoms with Crippen molar-refractivity contribution in [2.24, 2.45) is 4.99 Å². The molecule has 1 fully saturated rings. The molecule has 162 valence electrons. The van der Waals surface area contributed by atoms with Crippen LogP contribution in [-0.4, -0.2) is 83.8 Å². The fourth-order valence-electron chi connectivity index (χ4n) is 2.14. The fraction of sp³-hybridized carbons (Fsp3) is 0.429. The van der Waals surface area contributed by atoms with Crippen LogP contribution in [0.15, 0.2) is 17.5 Å². The summed E-state index contributed by atoms with van der Waals surface area (Å²) >= 11 is 3.42. The molecule has 0 aliphatic carbocycles. The Morgan fingerprint density at radius 1 is 1.48 bits per heavy atom. The minimum absolute atomic E-state index is 0.0207. The summed E-state index contributed by atoms with van der Waals surface area (Å²) in [7, 11) is 4.23. The number of nitrogens with zero attached hydrogens (tertiary/aromatic N) is 4. The van der Waals surface area contributed by atoms with Gasteiger partial charge in [-0.25, -0.2) is 0 Å². The van der Waals surface area contributed by atoms with Crippen molar-refractivity contribution in [3.05, 3.63) is 18.2 Å². The van der Waals surface area contributed by atoms with Crippen LogP contribution in [0.1, 0.15) is 18.5 Å². The zero-order valence-electron chi connectivity index (χ0n) is 16.4. The number of aliphatic imine (C=N–C) groups is 1. The smallest absolute Gasteiger partial charge is 0.171 e. The predicted molar refractivity (Wildman–Crippen MR) is 110 cm³/mol. The predicted octanol–water partition coefficient (Wildman–Crippen LogP) is -2.51. The van der Waals surface area contributed by atoms with Gasteiger partial charge in [0.2, 0.25) is 0 Å². The third-order valence-corrected chi connectivity index (χ3v) is 3.68. The first-order valence-corrected chi connectivity index (χ1v) is 9.18. The van der Waals surface area contributed by atoms with Gasteiger partial charge in [-0.2, -0.15) is 0 Å². The van der Waals surface area contributed by atoms with E-state index in [2.05, 4.69) is 35.5 Å². The molecule has 1 atom stereocenters. The molecule has 0 saturated carbocycles. The molecule has 2 N–H and O–H groups in total. The van der Waals surface area contributed by atoms with E-state index in [1.807, 2.05) is 4.89 Å². The van der Waals surface area contributed by atoms with Crippen LogP contribution in [0.4, 0.5) is 0 Å². The maximum absolute atomic E-state index is 12.2. The van der Waals surface area contributed by atoms with E-state index in [1.165, 1.54) is 23.8 Å². The Balaban J connectivity index is 0.000000592. The Kier molecular flexibility index (Phi) is 11.6. The van der Waals surface area contributed by atoms with Gasteiger partial charge in [0.25, 0.3) is 0 Å². The van der Waals surface area contributed by atoms with Crippen LogP contribution in [-0.2, 0) is 40.0 Å². The van der Waals surface area contributed by atoms with Gasteiger partial charge < -0.3 is 4.79 Å². The molecule has 0 spiro atoms. The molecule has 1 aliphatic heterocycles. The van der Waals surface area contributed by atoms with Gasteiger partial charge in [0, 0.05) is 0 Å². The van der Waals surface area contributed by atoms with E-state index in [0.29, 0.717) is 17.9 Å².